The highest BCUT2D eigenvalue weighted by molar-refractivity contribution is 7.99. The van der Waals surface area contributed by atoms with Crippen LogP contribution in [0.2, 0.25) is 0 Å². The number of nitrogens with one attached hydrogen (secondary N) is 2. The maximum atomic E-state index is 13.3. The zero-order chi connectivity index (χ0) is 21.0. The third-order valence-electron chi connectivity index (χ3n) is 5.64. The van der Waals surface area contributed by atoms with Gasteiger partial charge in [0.15, 0.2) is 0 Å². The first kappa shape index (κ1) is 20.5. The van der Waals surface area contributed by atoms with Gasteiger partial charge in [-0.25, -0.2) is 4.79 Å². The first-order chi connectivity index (χ1) is 14.6. The maximum Gasteiger partial charge on any atom is 0.325 e. The molecule has 0 radical (unpaired) electrons. The normalized spacial score (nSPS) is 20.6. The van der Waals surface area contributed by atoms with Crippen LogP contribution in [0.15, 0.2) is 59.5 Å². The molecule has 0 aromatic heterocycles. The van der Waals surface area contributed by atoms with Gasteiger partial charge in [0.1, 0.15) is 12.1 Å². The van der Waals surface area contributed by atoms with Crippen molar-refractivity contribution in [2.24, 2.45) is 0 Å². The first-order valence-corrected chi connectivity index (χ1v) is 11.3. The van der Waals surface area contributed by atoms with E-state index in [9.17, 15) is 14.4 Å². The van der Waals surface area contributed by atoms with Crippen LogP contribution < -0.4 is 10.6 Å². The largest absolute Gasteiger partial charge is 0.354 e. The van der Waals surface area contributed by atoms with Crippen molar-refractivity contribution in [3.63, 3.8) is 0 Å². The number of carbonyl (C=O) groups excluding carboxylic acids is 3. The predicted octanol–water partition coefficient (Wildman–Crippen LogP) is 3.07. The van der Waals surface area contributed by atoms with Crippen molar-refractivity contribution in [2.75, 3.05) is 18.8 Å². The zero-order valence-corrected chi connectivity index (χ0v) is 17.5. The molecule has 1 aliphatic heterocycles. The number of rotatable bonds is 6. The summed E-state index contributed by atoms with van der Waals surface area (Å²) in [6.07, 6.45) is 3.26. The molecule has 1 fully saturated rings. The van der Waals surface area contributed by atoms with Crippen molar-refractivity contribution in [2.45, 2.75) is 36.1 Å². The third kappa shape index (κ3) is 4.07. The summed E-state index contributed by atoms with van der Waals surface area (Å²) in [7, 11) is 0. The van der Waals surface area contributed by atoms with Gasteiger partial charge in [0.2, 0.25) is 5.91 Å². The molecule has 30 heavy (non-hydrogen) atoms. The molecule has 2 N–H and O–H groups in total. The Morgan fingerprint density at radius 2 is 1.83 bits per heavy atom. The summed E-state index contributed by atoms with van der Waals surface area (Å²) in [5.41, 5.74) is 0.907. The second-order valence-corrected chi connectivity index (χ2v) is 8.77. The molecule has 2 aliphatic rings. The van der Waals surface area contributed by atoms with Crippen molar-refractivity contribution < 1.29 is 14.4 Å². The number of nitrogens with zero attached hydrogens (tertiary/aromatic N) is 1. The predicted molar refractivity (Wildman–Crippen MR) is 116 cm³/mol. The standard InChI is InChI=1S/C23H25N3O3S/c27-20(24-14-15-30-18-10-2-1-3-11-18)16-26-21(28)23(25-22(26)29)13-7-6-9-17-8-4-5-12-19(17)23/h1-5,8,10-12H,6-7,9,13-16H2,(H,24,27)(H,25,29)/t23-/m1/s1. The van der Waals surface area contributed by atoms with Crippen LogP contribution in [0.5, 0.6) is 0 Å². The van der Waals surface area contributed by atoms with Crippen LogP contribution >= 0.6 is 11.8 Å². The topological polar surface area (TPSA) is 78.5 Å². The molecule has 1 spiro atoms. The summed E-state index contributed by atoms with van der Waals surface area (Å²) in [5.74, 6) is 0.0644. The van der Waals surface area contributed by atoms with E-state index in [1.54, 1.807) is 11.8 Å². The summed E-state index contributed by atoms with van der Waals surface area (Å²) >= 11 is 1.64. The van der Waals surface area contributed by atoms with E-state index in [1.807, 2.05) is 54.6 Å². The molecule has 2 aromatic carbocycles. The number of aryl methyl sites for hydroxylation is 1. The van der Waals surface area contributed by atoms with Gasteiger partial charge in [0.25, 0.3) is 5.91 Å². The van der Waals surface area contributed by atoms with Crippen LogP contribution in [-0.4, -0.2) is 41.6 Å². The first-order valence-electron chi connectivity index (χ1n) is 10.3. The smallest absolute Gasteiger partial charge is 0.325 e. The van der Waals surface area contributed by atoms with Crippen molar-refractivity contribution in [1.29, 1.82) is 0 Å². The highest BCUT2D eigenvalue weighted by Crippen LogP contribution is 2.38. The second-order valence-electron chi connectivity index (χ2n) is 7.60. The molecular weight excluding hydrogens is 398 g/mol. The number of fused-ring (bicyclic) bond motifs is 2. The maximum absolute atomic E-state index is 13.3. The summed E-state index contributed by atoms with van der Waals surface area (Å²) in [5, 5.41) is 5.72. The Kier molecular flexibility index (Phi) is 6.08. The minimum absolute atomic E-state index is 0.259. The van der Waals surface area contributed by atoms with Gasteiger partial charge in [0.05, 0.1) is 0 Å². The number of hydrogen-bond donors (Lipinski definition) is 2. The highest BCUT2D eigenvalue weighted by Gasteiger charge is 2.53. The Hall–Kier alpha value is -2.80. The van der Waals surface area contributed by atoms with E-state index in [-0.39, 0.29) is 18.4 Å². The number of imide groups is 1. The average molecular weight is 424 g/mol. The SMILES string of the molecule is O=C(CN1C(=O)N[C@@]2(CCCCc3ccccc32)C1=O)NCCSc1ccccc1. The van der Waals surface area contributed by atoms with E-state index in [4.69, 9.17) is 0 Å². The van der Waals surface area contributed by atoms with Crippen molar-refractivity contribution >= 4 is 29.6 Å². The van der Waals surface area contributed by atoms with E-state index in [2.05, 4.69) is 10.6 Å². The number of hydrogen-bond acceptors (Lipinski definition) is 4. The van der Waals surface area contributed by atoms with Crippen LogP contribution in [-0.2, 0) is 21.5 Å². The van der Waals surface area contributed by atoms with E-state index >= 15 is 0 Å². The highest BCUT2D eigenvalue weighted by atomic mass is 32.2. The fraction of sp³-hybridized carbons (Fsp3) is 0.348. The van der Waals surface area contributed by atoms with Gasteiger partial charge in [-0.1, -0.05) is 42.5 Å². The summed E-state index contributed by atoms with van der Waals surface area (Å²) in [6.45, 7) is 0.209. The summed E-state index contributed by atoms with van der Waals surface area (Å²) in [6, 6.07) is 17.2. The second kappa shape index (κ2) is 8.92. The number of carbonyl (C=O) groups is 3. The van der Waals surface area contributed by atoms with E-state index in [0.717, 1.165) is 40.2 Å². The zero-order valence-electron chi connectivity index (χ0n) is 16.7. The van der Waals surface area contributed by atoms with Gasteiger partial charge in [0, 0.05) is 17.2 Å². The summed E-state index contributed by atoms with van der Waals surface area (Å²) < 4.78 is 0. The minimum Gasteiger partial charge on any atom is -0.354 e. The molecule has 0 bridgehead atoms. The molecule has 1 heterocycles. The molecule has 6 nitrogen and oxygen atoms in total. The van der Waals surface area contributed by atoms with Crippen molar-refractivity contribution in [3.8, 4) is 0 Å². The fourth-order valence-corrected chi connectivity index (χ4v) is 4.98. The van der Waals surface area contributed by atoms with Crippen LogP contribution in [0.25, 0.3) is 0 Å². The van der Waals surface area contributed by atoms with Gasteiger partial charge in [-0.2, -0.15) is 0 Å². The third-order valence-corrected chi connectivity index (χ3v) is 6.65. The van der Waals surface area contributed by atoms with E-state index in [1.165, 1.54) is 0 Å². The Labute approximate surface area is 180 Å². The van der Waals surface area contributed by atoms with Crippen LogP contribution in [0.3, 0.4) is 0 Å². The van der Waals surface area contributed by atoms with Gasteiger partial charge < -0.3 is 10.6 Å². The lowest BCUT2D eigenvalue weighted by molar-refractivity contribution is -0.135. The van der Waals surface area contributed by atoms with Crippen LogP contribution in [0, 0.1) is 0 Å². The lowest BCUT2D eigenvalue weighted by Crippen LogP contribution is -2.45. The minimum atomic E-state index is -1.05. The number of urea groups is 1. The molecule has 2 aromatic rings. The monoisotopic (exact) mass is 423 g/mol. The lowest BCUT2D eigenvalue weighted by Gasteiger charge is -2.27. The number of amides is 4. The molecule has 7 heteroatoms. The molecular formula is C23H25N3O3S. The molecule has 156 valence electrons. The quantitative estimate of drug-likeness (QED) is 0.425. The molecule has 0 saturated carbocycles. The number of benzene rings is 2. The number of thioether (sulfide) groups is 1. The van der Waals surface area contributed by atoms with Gasteiger partial charge in [-0.15, -0.1) is 11.8 Å². The van der Waals surface area contributed by atoms with E-state index in [0.29, 0.717) is 18.7 Å². The van der Waals surface area contributed by atoms with Gasteiger partial charge in [-0.05, 0) is 48.9 Å². The Bertz CT molecular complexity index is 950. The Balaban J connectivity index is 1.38. The molecule has 1 aliphatic carbocycles. The van der Waals surface area contributed by atoms with Gasteiger partial charge in [-0.3, -0.25) is 14.5 Å². The van der Waals surface area contributed by atoms with Crippen LogP contribution in [0.4, 0.5) is 4.79 Å². The van der Waals surface area contributed by atoms with E-state index < -0.39 is 11.6 Å². The van der Waals surface area contributed by atoms with Crippen molar-refractivity contribution in [3.05, 3.63) is 65.7 Å². The Morgan fingerprint density at radius 1 is 1.07 bits per heavy atom. The van der Waals surface area contributed by atoms with Crippen LogP contribution in [0.1, 0.15) is 30.4 Å². The summed E-state index contributed by atoms with van der Waals surface area (Å²) in [4.78, 5) is 40.5. The Morgan fingerprint density at radius 3 is 2.67 bits per heavy atom. The lowest BCUT2D eigenvalue weighted by atomic mass is 9.84. The molecule has 1 atom stereocenters. The fourth-order valence-electron chi connectivity index (χ4n) is 4.19. The molecule has 1 saturated heterocycles. The molecule has 4 amide bonds. The van der Waals surface area contributed by atoms with Gasteiger partial charge >= 0.3 is 6.03 Å². The molecule has 4 rings (SSSR count). The molecule has 0 unspecified atom stereocenters. The average Bonchev–Trinajstić information content (AvgIpc) is 2.90. The van der Waals surface area contributed by atoms with Crippen molar-refractivity contribution in [1.82, 2.24) is 15.5 Å².